The van der Waals surface area contributed by atoms with Crippen LogP contribution in [0.2, 0.25) is 0 Å². The molecule has 3 heterocycles. The van der Waals surface area contributed by atoms with Crippen molar-refractivity contribution >= 4 is 0 Å². The van der Waals surface area contributed by atoms with Crippen molar-refractivity contribution < 1.29 is 17.7 Å². The third kappa shape index (κ3) is 2.71. The van der Waals surface area contributed by atoms with Crippen molar-refractivity contribution in [3.05, 3.63) is 29.8 Å². The lowest BCUT2D eigenvalue weighted by molar-refractivity contribution is -0.157. The van der Waals surface area contributed by atoms with Crippen LogP contribution in [0.5, 0.6) is 0 Å². The Kier molecular flexibility index (Phi) is 3.19. The van der Waals surface area contributed by atoms with Gasteiger partial charge in [0.1, 0.15) is 0 Å². The fourth-order valence-electron chi connectivity index (χ4n) is 3.54. The van der Waals surface area contributed by atoms with Crippen LogP contribution in [0.1, 0.15) is 11.4 Å². The molecule has 2 fully saturated rings. The zero-order valence-corrected chi connectivity index (χ0v) is 12.4. The number of pyridine rings is 1. The minimum absolute atomic E-state index is 0.262. The van der Waals surface area contributed by atoms with Crippen LogP contribution in [0, 0.1) is 24.7 Å². The highest BCUT2D eigenvalue weighted by atomic mass is 19.4. The van der Waals surface area contributed by atoms with Crippen LogP contribution in [0.4, 0.5) is 13.2 Å². The summed E-state index contributed by atoms with van der Waals surface area (Å²) in [7, 11) is 0. The highest BCUT2D eigenvalue weighted by Crippen LogP contribution is 2.59. The molecule has 5 nitrogen and oxygen atoms in total. The summed E-state index contributed by atoms with van der Waals surface area (Å²) in [4.78, 5) is 10.3. The molecular formula is C15H15F3N4O. The molecule has 1 saturated heterocycles. The Labute approximate surface area is 130 Å². The lowest BCUT2D eigenvalue weighted by atomic mass is 10.2. The Morgan fingerprint density at radius 2 is 2.00 bits per heavy atom. The summed E-state index contributed by atoms with van der Waals surface area (Å²) >= 11 is 0. The summed E-state index contributed by atoms with van der Waals surface area (Å²) < 4.78 is 43.2. The molecule has 4 rings (SSSR count). The first-order chi connectivity index (χ1) is 10.9. The highest BCUT2D eigenvalue weighted by molar-refractivity contribution is 5.51. The molecule has 2 aromatic rings. The maximum Gasteiger partial charge on any atom is 0.392 e. The molecule has 0 amide bonds. The number of aryl methyl sites for hydroxylation is 1. The molecule has 1 unspecified atom stereocenters. The fourth-order valence-corrected chi connectivity index (χ4v) is 3.54. The quantitative estimate of drug-likeness (QED) is 0.869. The van der Waals surface area contributed by atoms with E-state index in [4.69, 9.17) is 4.52 Å². The van der Waals surface area contributed by atoms with Gasteiger partial charge in [-0.05, 0) is 30.4 Å². The summed E-state index contributed by atoms with van der Waals surface area (Å²) in [6, 6.07) is 1.89. The van der Waals surface area contributed by atoms with Gasteiger partial charge in [-0.25, -0.2) is 0 Å². The van der Waals surface area contributed by atoms with Gasteiger partial charge in [-0.3, -0.25) is 9.88 Å². The van der Waals surface area contributed by atoms with E-state index in [1.165, 1.54) is 0 Å². The van der Waals surface area contributed by atoms with Crippen LogP contribution in [-0.2, 0) is 6.54 Å². The number of rotatable bonds is 3. The maximum absolute atomic E-state index is 12.7. The van der Waals surface area contributed by atoms with Gasteiger partial charge in [-0.15, -0.1) is 0 Å². The van der Waals surface area contributed by atoms with Crippen molar-refractivity contribution in [1.29, 1.82) is 0 Å². The van der Waals surface area contributed by atoms with Gasteiger partial charge in [-0.1, -0.05) is 5.16 Å². The van der Waals surface area contributed by atoms with Gasteiger partial charge in [0.2, 0.25) is 0 Å². The average molecular weight is 324 g/mol. The second-order valence-corrected chi connectivity index (χ2v) is 6.36. The van der Waals surface area contributed by atoms with Gasteiger partial charge in [0.05, 0.1) is 18.0 Å². The van der Waals surface area contributed by atoms with E-state index < -0.39 is 12.1 Å². The van der Waals surface area contributed by atoms with Gasteiger partial charge in [0.15, 0.2) is 5.82 Å². The molecule has 1 saturated carbocycles. The Balaban J connectivity index is 1.39. The number of fused-ring (bicyclic) bond motifs is 1. The highest BCUT2D eigenvalue weighted by Gasteiger charge is 2.67. The standard InChI is InChI=1S/C15H15F3N4O/c1-8-2-9(4-19-3-8)14-20-12(21-23-14)7-22-5-10-11(6-22)13(10)15(16,17)18/h2-4,10-11,13H,5-7H2,1H3/t10-,11+,13?. The number of alkyl halides is 3. The van der Waals surface area contributed by atoms with Gasteiger partial charge < -0.3 is 4.52 Å². The van der Waals surface area contributed by atoms with E-state index in [1.807, 2.05) is 17.9 Å². The lowest BCUT2D eigenvalue weighted by Gasteiger charge is -2.18. The minimum atomic E-state index is -4.06. The third-order valence-corrected chi connectivity index (χ3v) is 4.60. The van der Waals surface area contributed by atoms with Gasteiger partial charge >= 0.3 is 6.18 Å². The van der Waals surface area contributed by atoms with Crippen LogP contribution >= 0.6 is 0 Å². The van der Waals surface area contributed by atoms with Crippen LogP contribution in [0.3, 0.4) is 0 Å². The molecule has 0 spiro atoms. The van der Waals surface area contributed by atoms with Crippen molar-refractivity contribution in [1.82, 2.24) is 20.0 Å². The third-order valence-electron chi connectivity index (χ3n) is 4.60. The van der Waals surface area contributed by atoms with Crippen molar-refractivity contribution in [2.75, 3.05) is 13.1 Å². The largest absolute Gasteiger partial charge is 0.392 e. The first-order valence-corrected chi connectivity index (χ1v) is 7.45. The fraction of sp³-hybridized carbons (Fsp3) is 0.533. The Morgan fingerprint density at radius 1 is 1.26 bits per heavy atom. The second kappa shape index (κ2) is 5.02. The lowest BCUT2D eigenvalue weighted by Crippen LogP contribution is -2.28. The van der Waals surface area contributed by atoms with Crippen molar-refractivity contribution in [3.8, 4) is 11.5 Å². The van der Waals surface area contributed by atoms with Gasteiger partial charge in [0, 0.05) is 25.5 Å². The zero-order chi connectivity index (χ0) is 16.2. The number of likely N-dealkylation sites (tertiary alicyclic amines) is 1. The first-order valence-electron chi connectivity index (χ1n) is 7.45. The van der Waals surface area contributed by atoms with Crippen LogP contribution in [0.25, 0.3) is 11.5 Å². The Morgan fingerprint density at radius 3 is 2.65 bits per heavy atom. The number of hydrogen-bond acceptors (Lipinski definition) is 5. The van der Waals surface area contributed by atoms with Gasteiger partial charge in [0.25, 0.3) is 5.89 Å². The van der Waals surface area contributed by atoms with Crippen molar-refractivity contribution in [2.45, 2.75) is 19.6 Å². The summed E-state index contributed by atoms with van der Waals surface area (Å²) in [5.74, 6) is -0.761. The van der Waals surface area contributed by atoms with E-state index >= 15 is 0 Å². The number of aromatic nitrogens is 3. The second-order valence-electron chi connectivity index (χ2n) is 6.36. The van der Waals surface area contributed by atoms with E-state index in [0.29, 0.717) is 31.3 Å². The van der Waals surface area contributed by atoms with E-state index in [9.17, 15) is 13.2 Å². The van der Waals surface area contributed by atoms with Gasteiger partial charge in [-0.2, -0.15) is 18.2 Å². The summed E-state index contributed by atoms with van der Waals surface area (Å²) in [5.41, 5.74) is 1.73. The Bertz CT molecular complexity index is 718. The minimum Gasteiger partial charge on any atom is -0.334 e. The molecule has 122 valence electrons. The van der Waals surface area contributed by atoms with Crippen LogP contribution in [0.15, 0.2) is 23.0 Å². The molecule has 0 aromatic carbocycles. The molecule has 2 aromatic heterocycles. The number of halogens is 3. The van der Waals surface area contributed by atoms with Crippen molar-refractivity contribution in [3.63, 3.8) is 0 Å². The number of hydrogen-bond donors (Lipinski definition) is 0. The summed E-state index contributed by atoms with van der Waals surface area (Å²) in [6.45, 7) is 3.23. The molecule has 3 atom stereocenters. The summed E-state index contributed by atoms with van der Waals surface area (Å²) in [5, 5.41) is 3.92. The number of nitrogens with zero attached hydrogens (tertiary/aromatic N) is 4. The van der Waals surface area contributed by atoms with Crippen LogP contribution in [-0.4, -0.2) is 39.3 Å². The Hall–Kier alpha value is -1.96. The normalized spacial score (nSPS) is 27.2. The summed E-state index contributed by atoms with van der Waals surface area (Å²) in [6.07, 6.45) is -0.684. The molecule has 8 heteroatoms. The molecule has 0 bridgehead atoms. The van der Waals surface area contributed by atoms with E-state index in [-0.39, 0.29) is 11.8 Å². The predicted octanol–water partition coefficient (Wildman–Crippen LogP) is 2.68. The molecule has 2 aliphatic rings. The molecule has 1 aliphatic carbocycles. The maximum atomic E-state index is 12.7. The molecule has 1 aliphatic heterocycles. The SMILES string of the molecule is Cc1cncc(-c2nc(CN3C[C@@H]4C(C(F)(F)F)[C@@H]4C3)no2)c1. The number of piperidine rings is 1. The van der Waals surface area contributed by atoms with E-state index in [2.05, 4.69) is 15.1 Å². The zero-order valence-electron chi connectivity index (χ0n) is 12.4. The average Bonchev–Trinajstić information content (AvgIpc) is 2.84. The molecule has 0 radical (unpaired) electrons. The van der Waals surface area contributed by atoms with Crippen molar-refractivity contribution in [2.24, 2.45) is 17.8 Å². The molecule has 23 heavy (non-hydrogen) atoms. The monoisotopic (exact) mass is 324 g/mol. The van der Waals surface area contributed by atoms with Crippen LogP contribution < -0.4 is 0 Å². The topological polar surface area (TPSA) is 55.1 Å². The smallest absolute Gasteiger partial charge is 0.334 e. The van der Waals surface area contributed by atoms with E-state index in [1.54, 1.807) is 12.4 Å². The predicted molar refractivity (Wildman–Crippen MR) is 74.1 cm³/mol. The molecular weight excluding hydrogens is 309 g/mol. The first kappa shape index (κ1) is 14.6. The van der Waals surface area contributed by atoms with E-state index in [0.717, 1.165) is 11.1 Å². The molecule has 0 N–H and O–H groups in total.